The van der Waals surface area contributed by atoms with Crippen LogP contribution in [0.1, 0.15) is 9.67 Å². The van der Waals surface area contributed by atoms with Crippen LogP contribution in [0.2, 0.25) is 5.02 Å². The Morgan fingerprint density at radius 1 is 1.50 bits per heavy atom. The van der Waals surface area contributed by atoms with Crippen LogP contribution in [0.4, 0.5) is 4.39 Å². The van der Waals surface area contributed by atoms with Crippen LogP contribution in [0.15, 0.2) is 18.2 Å². The van der Waals surface area contributed by atoms with Crippen LogP contribution in [0.3, 0.4) is 0 Å². The maximum atomic E-state index is 13.5. The van der Waals surface area contributed by atoms with Gasteiger partial charge in [-0.05, 0) is 12.1 Å². The molecule has 0 saturated heterocycles. The average Bonchev–Trinajstić information content (AvgIpc) is 2.45. The highest BCUT2D eigenvalue weighted by atomic mass is 35.5. The number of thiophene rings is 1. The Balaban J connectivity index is 2.87. The monoisotopic (exact) mass is 230 g/mol. The van der Waals surface area contributed by atoms with Crippen LogP contribution < -0.4 is 0 Å². The lowest BCUT2D eigenvalue weighted by molar-refractivity contribution is 0.0698. The summed E-state index contributed by atoms with van der Waals surface area (Å²) in [6.45, 7) is 0. The molecule has 0 radical (unpaired) electrons. The van der Waals surface area contributed by atoms with Crippen molar-refractivity contribution in [3.05, 3.63) is 33.9 Å². The first-order valence-corrected chi connectivity index (χ1v) is 4.90. The van der Waals surface area contributed by atoms with Crippen molar-refractivity contribution in [2.75, 3.05) is 0 Å². The summed E-state index contributed by atoms with van der Waals surface area (Å²) >= 11 is 6.64. The standard InChI is InChI=1S/C9H4ClFO2S/c10-4-2-1-3-5-6(4)7(11)8(14-5)9(12)13/h1-3H,(H,12,13). The maximum absolute atomic E-state index is 13.5. The van der Waals surface area contributed by atoms with E-state index < -0.39 is 11.8 Å². The van der Waals surface area contributed by atoms with Gasteiger partial charge in [-0.3, -0.25) is 0 Å². The molecule has 1 heterocycles. The molecule has 1 N–H and O–H groups in total. The van der Waals surface area contributed by atoms with Gasteiger partial charge in [0.1, 0.15) is 4.88 Å². The molecule has 1 aromatic heterocycles. The lowest BCUT2D eigenvalue weighted by Crippen LogP contribution is -1.94. The molecule has 1 aromatic carbocycles. The van der Waals surface area contributed by atoms with Gasteiger partial charge in [-0.1, -0.05) is 17.7 Å². The molecule has 0 aliphatic rings. The molecule has 2 nitrogen and oxygen atoms in total. The fourth-order valence-electron chi connectivity index (χ4n) is 1.21. The second kappa shape index (κ2) is 3.22. The van der Waals surface area contributed by atoms with Crippen molar-refractivity contribution in [3.8, 4) is 0 Å². The number of rotatable bonds is 1. The molecule has 0 spiro atoms. The summed E-state index contributed by atoms with van der Waals surface area (Å²) in [5, 5.41) is 9.12. The summed E-state index contributed by atoms with van der Waals surface area (Å²) in [5.74, 6) is -2.01. The van der Waals surface area contributed by atoms with Crippen LogP contribution in [-0.4, -0.2) is 11.1 Å². The molecule has 0 saturated carbocycles. The first kappa shape index (κ1) is 9.43. The summed E-state index contributed by atoms with van der Waals surface area (Å²) in [6.07, 6.45) is 0. The van der Waals surface area contributed by atoms with E-state index in [1.165, 1.54) is 6.07 Å². The van der Waals surface area contributed by atoms with Gasteiger partial charge in [-0.15, -0.1) is 11.3 Å². The van der Waals surface area contributed by atoms with Crippen molar-refractivity contribution in [2.45, 2.75) is 0 Å². The molecule has 0 amide bonds. The molecule has 0 aliphatic carbocycles. The number of aromatic carboxylic acids is 1. The number of carboxylic acid groups (broad SMARTS) is 1. The molecule has 0 fully saturated rings. The van der Waals surface area contributed by atoms with Gasteiger partial charge < -0.3 is 5.11 Å². The van der Waals surface area contributed by atoms with Crippen molar-refractivity contribution >= 4 is 39.0 Å². The first-order chi connectivity index (χ1) is 6.61. The summed E-state index contributed by atoms with van der Waals surface area (Å²) in [6, 6.07) is 4.83. The molecule has 0 atom stereocenters. The highest BCUT2D eigenvalue weighted by Crippen LogP contribution is 2.34. The third kappa shape index (κ3) is 1.27. The minimum atomic E-state index is -1.26. The van der Waals surface area contributed by atoms with E-state index in [1.807, 2.05) is 0 Å². The zero-order valence-electron chi connectivity index (χ0n) is 6.75. The number of halogens is 2. The smallest absolute Gasteiger partial charge is 0.348 e. The SMILES string of the molecule is O=C(O)c1sc2cccc(Cl)c2c1F. The molecule has 72 valence electrons. The van der Waals surface area contributed by atoms with Crippen molar-refractivity contribution in [1.82, 2.24) is 0 Å². The zero-order valence-corrected chi connectivity index (χ0v) is 8.32. The highest BCUT2D eigenvalue weighted by Gasteiger charge is 2.19. The summed E-state index contributed by atoms with van der Waals surface area (Å²) in [7, 11) is 0. The van der Waals surface area contributed by atoms with Crippen molar-refractivity contribution < 1.29 is 14.3 Å². The Hall–Kier alpha value is -1.13. The predicted molar refractivity (Wildman–Crippen MR) is 53.8 cm³/mol. The molecule has 0 aliphatic heterocycles. The molecular formula is C9H4ClFO2S. The first-order valence-electron chi connectivity index (χ1n) is 3.71. The van der Waals surface area contributed by atoms with Gasteiger partial charge in [0.15, 0.2) is 5.82 Å². The Morgan fingerprint density at radius 2 is 2.21 bits per heavy atom. The average molecular weight is 231 g/mol. The van der Waals surface area contributed by atoms with E-state index in [9.17, 15) is 9.18 Å². The van der Waals surface area contributed by atoms with Gasteiger partial charge in [0.25, 0.3) is 0 Å². The van der Waals surface area contributed by atoms with Gasteiger partial charge in [0.05, 0.1) is 5.02 Å². The molecule has 2 rings (SSSR count). The normalized spacial score (nSPS) is 10.7. The van der Waals surface area contributed by atoms with Crippen LogP contribution in [0.25, 0.3) is 10.1 Å². The molecular weight excluding hydrogens is 227 g/mol. The van der Waals surface area contributed by atoms with Gasteiger partial charge in [-0.25, -0.2) is 9.18 Å². The van der Waals surface area contributed by atoms with Crippen molar-refractivity contribution in [1.29, 1.82) is 0 Å². The Bertz CT molecular complexity index is 521. The third-order valence-electron chi connectivity index (χ3n) is 1.80. The Morgan fingerprint density at radius 3 is 2.79 bits per heavy atom. The topological polar surface area (TPSA) is 37.3 Å². The summed E-state index contributed by atoms with van der Waals surface area (Å²) in [5.41, 5.74) is 0. The third-order valence-corrected chi connectivity index (χ3v) is 3.23. The lowest BCUT2D eigenvalue weighted by atomic mass is 10.2. The largest absolute Gasteiger partial charge is 0.477 e. The minimum Gasteiger partial charge on any atom is -0.477 e. The maximum Gasteiger partial charge on any atom is 0.348 e. The Kier molecular flexibility index (Phi) is 2.17. The van der Waals surface area contributed by atoms with E-state index in [0.29, 0.717) is 4.70 Å². The van der Waals surface area contributed by atoms with Crippen LogP contribution in [0, 0.1) is 5.82 Å². The molecule has 14 heavy (non-hydrogen) atoms. The summed E-state index contributed by atoms with van der Waals surface area (Å²) < 4.78 is 14.0. The van der Waals surface area contributed by atoms with Gasteiger partial charge in [0, 0.05) is 10.1 Å². The van der Waals surface area contributed by atoms with Crippen LogP contribution in [-0.2, 0) is 0 Å². The zero-order chi connectivity index (χ0) is 10.3. The van der Waals surface area contributed by atoms with Gasteiger partial charge in [-0.2, -0.15) is 0 Å². The van der Waals surface area contributed by atoms with E-state index in [1.54, 1.807) is 12.1 Å². The predicted octanol–water partition coefficient (Wildman–Crippen LogP) is 3.39. The Labute approximate surface area is 87.5 Å². The van der Waals surface area contributed by atoms with Crippen molar-refractivity contribution in [3.63, 3.8) is 0 Å². The van der Waals surface area contributed by atoms with E-state index in [4.69, 9.17) is 16.7 Å². The minimum absolute atomic E-state index is 0.191. The molecule has 5 heteroatoms. The van der Waals surface area contributed by atoms with E-state index in [0.717, 1.165) is 11.3 Å². The van der Waals surface area contributed by atoms with E-state index in [-0.39, 0.29) is 15.3 Å². The van der Waals surface area contributed by atoms with Crippen LogP contribution in [0.5, 0.6) is 0 Å². The number of fused-ring (bicyclic) bond motifs is 1. The fourth-order valence-corrected chi connectivity index (χ4v) is 2.47. The highest BCUT2D eigenvalue weighted by molar-refractivity contribution is 7.20. The van der Waals surface area contributed by atoms with Gasteiger partial charge in [0.2, 0.25) is 0 Å². The van der Waals surface area contributed by atoms with E-state index in [2.05, 4.69) is 0 Å². The number of carbonyl (C=O) groups is 1. The number of hydrogen-bond donors (Lipinski definition) is 1. The molecule has 0 bridgehead atoms. The fraction of sp³-hybridized carbons (Fsp3) is 0. The number of hydrogen-bond acceptors (Lipinski definition) is 2. The summed E-state index contributed by atoms with van der Waals surface area (Å²) in [4.78, 5) is 10.3. The van der Waals surface area contributed by atoms with E-state index >= 15 is 0 Å². The lowest BCUT2D eigenvalue weighted by Gasteiger charge is -1.91. The number of carboxylic acids is 1. The van der Waals surface area contributed by atoms with Crippen LogP contribution >= 0.6 is 22.9 Å². The molecule has 2 aromatic rings. The van der Waals surface area contributed by atoms with Gasteiger partial charge >= 0.3 is 5.97 Å². The second-order valence-corrected chi connectivity index (χ2v) is 4.12. The second-order valence-electron chi connectivity index (χ2n) is 2.66. The van der Waals surface area contributed by atoms with Crippen molar-refractivity contribution in [2.24, 2.45) is 0 Å². The molecule has 0 unspecified atom stereocenters. The number of benzene rings is 1. The quantitative estimate of drug-likeness (QED) is 0.815.